The zero-order chi connectivity index (χ0) is 26.8. The summed E-state index contributed by atoms with van der Waals surface area (Å²) in [5.41, 5.74) is 0.368. The monoisotopic (exact) mass is 527 g/mol. The number of hydrogen-bond acceptors (Lipinski definition) is 8. The van der Waals surface area contributed by atoms with Crippen molar-refractivity contribution >= 4 is 51.1 Å². The fraction of sp³-hybridized carbons (Fsp3) is 0.0370. The quantitative estimate of drug-likeness (QED) is 0.148. The van der Waals surface area contributed by atoms with E-state index in [2.05, 4.69) is 0 Å². The molecule has 4 aromatic carbocycles. The molecule has 188 valence electrons. The zero-order valence-corrected chi connectivity index (χ0v) is 20.3. The number of ether oxygens (including phenoxy) is 1. The van der Waals surface area contributed by atoms with E-state index in [0.717, 1.165) is 46.3 Å². The predicted molar refractivity (Wildman–Crippen MR) is 142 cm³/mol. The van der Waals surface area contributed by atoms with E-state index >= 15 is 0 Å². The Morgan fingerprint density at radius 3 is 2.39 bits per heavy atom. The summed E-state index contributed by atoms with van der Waals surface area (Å²) < 4.78 is 5.63. The zero-order valence-electron chi connectivity index (χ0n) is 19.5. The molecule has 10 nitrogen and oxygen atoms in total. The second-order valence-electron chi connectivity index (χ2n) is 8.29. The van der Waals surface area contributed by atoms with Crippen LogP contribution in [0.25, 0.3) is 16.8 Å². The number of rotatable bonds is 7. The van der Waals surface area contributed by atoms with Crippen molar-refractivity contribution < 1.29 is 24.2 Å². The van der Waals surface area contributed by atoms with Crippen molar-refractivity contribution in [3.05, 3.63) is 121 Å². The van der Waals surface area contributed by atoms with Gasteiger partial charge in [0.05, 0.1) is 27.4 Å². The summed E-state index contributed by atoms with van der Waals surface area (Å²) in [6.45, 7) is 0.139. The maximum absolute atomic E-state index is 13.0. The Labute approximate surface area is 219 Å². The van der Waals surface area contributed by atoms with E-state index < -0.39 is 27.1 Å². The molecule has 11 heteroatoms. The van der Waals surface area contributed by atoms with Crippen LogP contribution in [0.5, 0.6) is 11.5 Å². The lowest BCUT2D eigenvalue weighted by molar-refractivity contribution is -0.394. The number of non-ortho nitro benzene ring substituents is 1. The number of thioether (sulfide) groups is 1. The van der Waals surface area contributed by atoms with Crippen molar-refractivity contribution in [1.82, 2.24) is 4.90 Å². The number of nitrogens with zero attached hydrogens (tertiary/aromatic N) is 3. The summed E-state index contributed by atoms with van der Waals surface area (Å²) in [6.07, 6.45) is 1.54. The lowest BCUT2D eigenvalue weighted by atomic mass is 10.1. The first-order chi connectivity index (χ1) is 18.3. The maximum Gasteiger partial charge on any atom is 0.318 e. The van der Waals surface area contributed by atoms with E-state index in [1.165, 1.54) is 4.90 Å². The molecule has 38 heavy (non-hydrogen) atoms. The molecule has 1 aliphatic heterocycles. The van der Waals surface area contributed by atoms with Gasteiger partial charge in [-0.1, -0.05) is 48.5 Å². The van der Waals surface area contributed by atoms with Gasteiger partial charge in [0.2, 0.25) is 5.75 Å². The van der Waals surface area contributed by atoms with Crippen LogP contribution in [-0.2, 0) is 11.3 Å². The van der Waals surface area contributed by atoms with Gasteiger partial charge in [0.25, 0.3) is 16.8 Å². The van der Waals surface area contributed by atoms with Crippen LogP contribution < -0.4 is 4.74 Å². The highest BCUT2D eigenvalue weighted by atomic mass is 32.2. The Balaban J connectivity index is 1.35. The molecule has 5 rings (SSSR count). The molecule has 4 aromatic rings. The van der Waals surface area contributed by atoms with Crippen LogP contribution in [0.1, 0.15) is 11.1 Å². The molecule has 0 bridgehead atoms. The first kappa shape index (κ1) is 24.7. The van der Waals surface area contributed by atoms with Crippen molar-refractivity contribution in [3.8, 4) is 11.5 Å². The highest BCUT2D eigenvalue weighted by molar-refractivity contribution is 8.18. The van der Waals surface area contributed by atoms with Gasteiger partial charge < -0.3 is 4.74 Å². The highest BCUT2D eigenvalue weighted by Gasteiger charge is 2.35. The lowest BCUT2D eigenvalue weighted by Gasteiger charge is -2.13. The summed E-state index contributed by atoms with van der Waals surface area (Å²) in [6, 6.07) is 23.1. The van der Waals surface area contributed by atoms with Gasteiger partial charge in [-0.2, -0.15) is 0 Å². The largest absolute Gasteiger partial charge is 0.450 e. The van der Waals surface area contributed by atoms with Crippen molar-refractivity contribution in [1.29, 1.82) is 0 Å². The topological polar surface area (TPSA) is 133 Å². The average molecular weight is 528 g/mol. The third kappa shape index (κ3) is 5.08. The minimum absolute atomic E-state index is 0.139. The van der Waals surface area contributed by atoms with E-state index in [1.807, 2.05) is 42.5 Å². The molecule has 0 aromatic heterocycles. The van der Waals surface area contributed by atoms with Crippen LogP contribution in [-0.4, -0.2) is 25.9 Å². The highest BCUT2D eigenvalue weighted by Crippen LogP contribution is 2.36. The first-order valence-corrected chi connectivity index (χ1v) is 12.0. The molecule has 2 amide bonds. The molecule has 0 radical (unpaired) electrons. The Morgan fingerprint density at radius 2 is 1.63 bits per heavy atom. The molecule has 1 saturated heterocycles. The smallest absolute Gasteiger partial charge is 0.318 e. The van der Waals surface area contributed by atoms with Crippen LogP contribution in [0, 0.1) is 20.2 Å². The standard InChI is InChI=1S/C27H17N3O7S/c31-26-25(38-27(32)28(26)16-18-8-9-19-5-1-2-6-20(19)12-18)14-17-4-3-7-22(13-17)37-24-11-10-21(29(33)34)15-23(24)30(35)36/h1-15H,16H2. The molecule has 1 aliphatic rings. The summed E-state index contributed by atoms with van der Waals surface area (Å²) in [5, 5.41) is 24.0. The summed E-state index contributed by atoms with van der Waals surface area (Å²) in [5.74, 6) is -0.384. The molecule has 1 fully saturated rings. The molecular weight excluding hydrogens is 510 g/mol. The molecular formula is C27H17N3O7S. The maximum atomic E-state index is 13.0. The number of benzene rings is 4. The summed E-state index contributed by atoms with van der Waals surface area (Å²) in [7, 11) is 0. The number of imide groups is 1. The lowest BCUT2D eigenvalue weighted by Crippen LogP contribution is -2.27. The van der Waals surface area contributed by atoms with Crippen molar-refractivity contribution in [2.75, 3.05) is 0 Å². The molecule has 0 N–H and O–H groups in total. The van der Waals surface area contributed by atoms with Crippen LogP contribution in [0.2, 0.25) is 0 Å². The molecule has 0 atom stereocenters. The number of carbonyl (C=O) groups excluding carboxylic acids is 2. The molecule has 1 heterocycles. The summed E-state index contributed by atoms with van der Waals surface area (Å²) in [4.78, 5) is 47.9. The van der Waals surface area contributed by atoms with Crippen LogP contribution in [0.3, 0.4) is 0 Å². The molecule has 0 unspecified atom stereocenters. The molecule has 0 aliphatic carbocycles. The number of carbonyl (C=O) groups is 2. The minimum atomic E-state index is -0.766. The van der Waals surface area contributed by atoms with Crippen molar-refractivity contribution in [2.45, 2.75) is 6.54 Å². The Hall–Kier alpha value is -5.03. The van der Waals surface area contributed by atoms with Crippen molar-refractivity contribution in [2.24, 2.45) is 0 Å². The summed E-state index contributed by atoms with van der Waals surface area (Å²) >= 11 is 0.825. The second kappa shape index (κ2) is 10.1. The van der Waals surface area contributed by atoms with Gasteiger partial charge in [0.15, 0.2) is 0 Å². The number of amides is 2. The van der Waals surface area contributed by atoms with Crippen molar-refractivity contribution in [3.63, 3.8) is 0 Å². The van der Waals surface area contributed by atoms with Crippen LogP contribution in [0.4, 0.5) is 16.2 Å². The van der Waals surface area contributed by atoms with E-state index in [-0.39, 0.29) is 28.2 Å². The van der Waals surface area contributed by atoms with Gasteiger partial charge in [0, 0.05) is 6.07 Å². The average Bonchev–Trinajstić information content (AvgIpc) is 3.16. The van der Waals surface area contributed by atoms with Gasteiger partial charge in [-0.15, -0.1) is 0 Å². The SMILES string of the molecule is O=C1SC(=Cc2cccc(Oc3ccc([N+](=O)[O-])cc3[N+](=O)[O-])c2)C(=O)N1Cc1ccc2ccccc2c1. The third-order valence-corrected chi connectivity index (χ3v) is 6.67. The Kier molecular flexibility index (Phi) is 6.58. The third-order valence-electron chi connectivity index (χ3n) is 5.76. The Morgan fingerprint density at radius 1 is 0.842 bits per heavy atom. The number of fused-ring (bicyclic) bond motifs is 1. The normalized spacial score (nSPS) is 14.3. The van der Waals surface area contributed by atoms with E-state index in [9.17, 15) is 29.8 Å². The van der Waals surface area contributed by atoms with Gasteiger partial charge in [-0.3, -0.25) is 34.7 Å². The van der Waals surface area contributed by atoms with Gasteiger partial charge in [0.1, 0.15) is 5.75 Å². The fourth-order valence-corrected chi connectivity index (χ4v) is 4.79. The minimum Gasteiger partial charge on any atom is -0.450 e. The van der Waals surface area contributed by atoms with Gasteiger partial charge in [-0.25, -0.2) is 0 Å². The van der Waals surface area contributed by atoms with Gasteiger partial charge in [-0.05, 0) is 64.0 Å². The fourth-order valence-electron chi connectivity index (χ4n) is 3.95. The van der Waals surface area contributed by atoms with E-state index in [1.54, 1.807) is 30.3 Å². The number of nitro benzene ring substituents is 2. The predicted octanol–water partition coefficient (Wildman–Crippen LogP) is 6.69. The van der Waals surface area contributed by atoms with Crippen LogP contribution >= 0.6 is 11.8 Å². The number of nitro groups is 2. The van der Waals surface area contributed by atoms with E-state index in [4.69, 9.17) is 4.74 Å². The van der Waals surface area contributed by atoms with Gasteiger partial charge >= 0.3 is 5.69 Å². The second-order valence-corrected chi connectivity index (χ2v) is 9.28. The van der Waals surface area contributed by atoms with Crippen LogP contribution in [0.15, 0.2) is 89.8 Å². The number of hydrogen-bond donors (Lipinski definition) is 0. The first-order valence-electron chi connectivity index (χ1n) is 11.2. The Bertz CT molecular complexity index is 1670. The molecule has 0 spiro atoms. The van der Waals surface area contributed by atoms with E-state index in [0.29, 0.717) is 5.56 Å². The molecule has 0 saturated carbocycles.